The summed E-state index contributed by atoms with van der Waals surface area (Å²) in [5.41, 5.74) is 7.05. The van der Waals surface area contributed by atoms with Crippen LogP contribution in [-0.2, 0) is 0 Å². The van der Waals surface area contributed by atoms with E-state index in [1.54, 1.807) is 6.07 Å². The minimum absolute atomic E-state index is 0.0209. The highest BCUT2D eigenvalue weighted by Gasteiger charge is 2.38. The van der Waals surface area contributed by atoms with Gasteiger partial charge in [-0.15, -0.1) is 0 Å². The molecule has 0 amide bonds. The average Bonchev–Trinajstić information content (AvgIpc) is 2.88. The Morgan fingerprint density at radius 2 is 2.10 bits per heavy atom. The maximum atomic E-state index is 14.1. The maximum Gasteiger partial charge on any atom is 0.128 e. The van der Waals surface area contributed by atoms with Gasteiger partial charge in [-0.3, -0.25) is 4.90 Å². The highest BCUT2D eigenvalue weighted by atomic mass is 79.9. The molecule has 0 saturated carbocycles. The molecule has 1 aliphatic heterocycles. The highest BCUT2D eigenvalue weighted by molar-refractivity contribution is 9.10. The Kier molecular flexibility index (Phi) is 5.21. The van der Waals surface area contributed by atoms with Crippen LogP contribution in [0.2, 0.25) is 0 Å². The average molecular weight is 343 g/mol. The molecule has 0 radical (unpaired) electrons. The summed E-state index contributed by atoms with van der Waals surface area (Å²) in [6.45, 7) is 6.99. The zero-order valence-electron chi connectivity index (χ0n) is 12.3. The Bertz CT molecular complexity index is 460. The number of rotatable bonds is 5. The molecular formula is C16H24BrFN2. The van der Waals surface area contributed by atoms with E-state index in [4.69, 9.17) is 5.73 Å². The molecule has 1 atom stereocenters. The fourth-order valence-electron chi connectivity index (χ4n) is 3.31. The van der Waals surface area contributed by atoms with E-state index in [2.05, 4.69) is 34.7 Å². The number of hydrogen-bond donors (Lipinski definition) is 1. The third-order valence-electron chi connectivity index (χ3n) is 4.95. The van der Waals surface area contributed by atoms with Crippen LogP contribution >= 0.6 is 15.9 Å². The minimum Gasteiger partial charge on any atom is -0.329 e. The summed E-state index contributed by atoms with van der Waals surface area (Å²) < 4.78 is 15.0. The van der Waals surface area contributed by atoms with Crippen molar-refractivity contribution in [3.8, 4) is 0 Å². The topological polar surface area (TPSA) is 29.3 Å². The van der Waals surface area contributed by atoms with Crippen LogP contribution in [0, 0.1) is 11.2 Å². The van der Waals surface area contributed by atoms with Gasteiger partial charge in [-0.1, -0.05) is 29.8 Å². The van der Waals surface area contributed by atoms with Crippen LogP contribution in [0.4, 0.5) is 4.39 Å². The molecule has 0 aromatic heterocycles. The summed E-state index contributed by atoms with van der Waals surface area (Å²) in [5.74, 6) is -0.158. The fourth-order valence-corrected chi connectivity index (χ4v) is 3.68. The summed E-state index contributed by atoms with van der Waals surface area (Å²) in [7, 11) is 0. The number of benzene rings is 1. The third-order valence-corrected chi connectivity index (χ3v) is 5.44. The largest absolute Gasteiger partial charge is 0.329 e. The van der Waals surface area contributed by atoms with Gasteiger partial charge in [0.2, 0.25) is 0 Å². The minimum atomic E-state index is -0.158. The number of hydrogen-bond acceptors (Lipinski definition) is 2. The molecule has 0 bridgehead atoms. The van der Waals surface area contributed by atoms with Crippen molar-refractivity contribution < 1.29 is 4.39 Å². The monoisotopic (exact) mass is 342 g/mol. The Labute approximate surface area is 129 Å². The molecule has 20 heavy (non-hydrogen) atoms. The van der Waals surface area contributed by atoms with Crippen molar-refractivity contribution in [3.05, 3.63) is 34.1 Å². The predicted octanol–water partition coefficient (Wildman–Crippen LogP) is 4.10. The second-order valence-electron chi connectivity index (χ2n) is 5.84. The Hall–Kier alpha value is -0.450. The van der Waals surface area contributed by atoms with Gasteiger partial charge in [0, 0.05) is 29.2 Å². The summed E-state index contributed by atoms with van der Waals surface area (Å²) in [5, 5.41) is 0. The van der Waals surface area contributed by atoms with Crippen molar-refractivity contribution >= 4 is 15.9 Å². The Morgan fingerprint density at radius 3 is 2.65 bits per heavy atom. The van der Waals surface area contributed by atoms with Gasteiger partial charge in [0.25, 0.3) is 0 Å². The summed E-state index contributed by atoms with van der Waals surface area (Å²) >= 11 is 3.43. The van der Waals surface area contributed by atoms with Crippen LogP contribution in [-0.4, -0.2) is 24.5 Å². The number of nitrogens with zero attached hydrogens (tertiary/aromatic N) is 1. The van der Waals surface area contributed by atoms with Gasteiger partial charge < -0.3 is 5.73 Å². The van der Waals surface area contributed by atoms with Crippen molar-refractivity contribution in [2.45, 2.75) is 39.2 Å². The van der Waals surface area contributed by atoms with Crippen molar-refractivity contribution in [2.24, 2.45) is 11.1 Å². The van der Waals surface area contributed by atoms with E-state index in [1.165, 1.54) is 25.3 Å². The molecule has 1 unspecified atom stereocenters. The highest BCUT2D eigenvalue weighted by Crippen LogP contribution is 2.40. The standard InChI is InChI=1S/C16H24BrFN2/c1-3-16(4-2)7-8-20(11-16)15(10-19)13-9-12(17)5-6-14(13)18/h5-6,9,15H,3-4,7-8,10-11,19H2,1-2H3. The number of halogens is 2. The van der Waals surface area contributed by atoms with Crippen LogP contribution in [0.1, 0.15) is 44.7 Å². The zero-order valence-corrected chi connectivity index (χ0v) is 13.9. The van der Waals surface area contributed by atoms with E-state index in [1.807, 2.05) is 6.07 Å². The van der Waals surface area contributed by atoms with E-state index in [9.17, 15) is 4.39 Å². The van der Waals surface area contributed by atoms with Crippen molar-refractivity contribution in [2.75, 3.05) is 19.6 Å². The molecule has 0 aliphatic carbocycles. The Balaban J connectivity index is 2.23. The van der Waals surface area contributed by atoms with Gasteiger partial charge in [-0.25, -0.2) is 4.39 Å². The summed E-state index contributed by atoms with van der Waals surface area (Å²) in [4.78, 5) is 2.36. The fraction of sp³-hybridized carbons (Fsp3) is 0.625. The summed E-state index contributed by atoms with van der Waals surface area (Å²) in [6.07, 6.45) is 3.54. The molecule has 1 fully saturated rings. The van der Waals surface area contributed by atoms with Crippen LogP contribution in [0.25, 0.3) is 0 Å². The van der Waals surface area contributed by atoms with Gasteiger partial charge in [0.05, 0.1) is 0 Å². The molecule has 1 aromatic carbocycles. The third kappa shape index (κ3) is 3.07. The van der Waals surface area contributed by atoms with E-state index in [-0.39, 0.29) is 11.9 Å². The van der Waals surface area contributed by atoms with Gasteiger partial charge in [0.1, 0.15) is 5.82 Å². The lowest BCUT2D eigenvalue weighted by Crippen LogP contribution is -2.34. The lowest BCUT2D eigenvalue weighted by Gasteiger charge is -2.31. The lowest BCUT2D eigenvalue weighted by atomic mass is 9.82. The van der Waals surface area contributed by atoms with Crippen molar-refractivity contribution in [3.63, 3.8) is 0 Å². The van der Waals surface area contributed by atoms with E-state index >= 15 is 0 Å². The van der Waals surface area contributed by atoms with Crippen LogP contribution in [0.5, 0.6) is 0 Å². The smallest absolute Gasteiger partial charge is 0.128 e. The first kappa shape index (κ1) is 15.9. The van der Waals surface area contributed by atoms with E-state index in [0.29, 0.717) is 17.5 Å². The zero-order chi connectivity index (χ0) is 14.8. The molecular weight excluding hydrogens is 319 g/mol. The first-order chi connectivity index (χ1) is 9.55. The molecule has 1 heterocycles. The lowest BCUT2D eigenvalue weighted by molar-refractivity contribution is 0.195. The first-order valence-electron chi connectivity index (χ1n) is 7.44. The van der Waals surface area contributed by atoms with E-state index in [0.717, 1.165) is 17.6 Å². The van der Waals surface area contributed by atoms with Gasteiger partial charge in [-0.2, -0.15) is 0 Å². The summed E-state index contributed by atoms with van der Waals surface area (Å²) in [6, 6.07) is 5.10. The second kappa shape index (κ2) is 6.54. The van der Waals surface area contributed by atoms with E-state index < -0.39 is 0 Å². The van der Waals surface area contributed by atoms with Gasteiger partial charge in [-0.05, 0) is 49.4 Å². The molecule has 1 aliphatic rings. The van der Waals surface area contributed by atoms with Crippen LogP contribution in [0.3, 0.4) is 0 Å². The van der Waals surface area contributed by atoms with Crippen molar-refractivity contribution in [1.82, 2.24) is 4.90 Å². The van der Waals surface area contributed by atoms with Gasteiger partial charge >= 0.3 is 0 Å². The normalized spacial score (nSPS) is 20.2. The molecule has 0 spiro atoms. The molecule has 2 N–H and O–H groups in total. The van der Waals surface area contributed by atoms with Gasteiger partial charge in [0.15, 0.2) is 0 Å². The first-order valence-corrected chi connectivity index (χ1v) is 8.23. The Morgan fingerprint density at radius 1 is 1.40 bits per heavy atom. The predicted molar refractivity (Wildman–Crippen MR) is 85.1 cm³/mol. The van der Waals surface area contributed by atoms with Crippen LogP contribution < -0.4 is 5.73 Å². The second-order valence-corrected chi connectivity index (χ2v) is 6.76. The van der Waals surface area contributed by atoms with Crippen molar-refractivity contribution in [1.29, 1.82) is 0 Å². The molecule has 112 valence electrons. The molecule has 2 rings (SSSR count). The maximum absolute atomic E-state index is 14.1. The molecule has 2 nitrogen and oxygen atoms in total. The number of likely N-dealkylation sites (tertiary alicyclic amines) is 1. The quantitative estimate of drug-likeness (QED) is 0.872. The number of nitrogens with two attached hydrogens (primary N) is 1. The molecule has 1 aromatic rings. The van der Waals surface area contributed by atoms with Crippen LogP contribution in [0.15, 0.2) is 22.7 Å². The molecule has 4 heteroatoms. The molecule has 1 saturated heterocycles. The SMILES string of the molecule is CCC1(CC)CCN(C(CN)c2cc(Br)ccc2F)C1.